The predicted molar refractivity (Wildman–Crippen MR) is 103 cm³/mol. The van der Waals surface area contributed by atoms with Crippen molar-refractivity contribution in [2.24, 2.45) is 28.6 Å². The molecular weight excluding hydrogens is 324 g/mol. The third-order valence-corrected chi connectivity index (χ3v) is 8.09. The molecule has 2 saturated carbocycles. The first-order chi connectivity index (χ1) is 12.1. The van der Waals surface area contributed by atoms with E-state index in [4.69, 9.17) is 9.47 Å². The van der Waals surface area contributed by atoms with Crippen molar-refractivity contribution in [3.8, 4) is 0 Å². The van der Waals surface area contributed by atoms with Crippen LogP contribution in [0.1, 0.15) is 66.7 Å². The average molecular weight is 359 g/mol. The highest BCUT2D eigenvalue weighted by Crippen LogP contribution is 2.65. The Bertz CT molecular complexity index is 671. The third-order valence-electron chi connectivity index (χ3n) is 8.09. The topological polar surface area (TPSA) is 35.5 Å². The molecule has 5 atom stereocenters. The minimum Gasteiger partial charge on any atom is -0.347 e. The number of hydrogen-bond donors (Lipinski definition) is 0. The van der Waals surface area contributed by atoms with Gasteiger partial charge in [0.1, 0.15) is 0 Å². The van der Waals surface area contributed by atoms with E-state index in [9.17, 15) is 4.79 Å². The molecule has 3 heteroatoms. The fourth-order valence-electron chi connectivity index (χ4n) is 6.93. The summed E-state index contributed by atoms with van der Waals surface area (Å²) in [6, 6.07) is 0. The Hall–Kier alpha value is -0.930. The van der Waals surface area contributed by atoms with Crippen molar-refractivity contribution >= 4 is 5.78 Å². The summed E-state index contributed by atoms with van der Waals surface area (Å²) in [5.74, 6) is 0.875. The molecule has 1 saturated heterocycles. The van der Waals surface area contributed by atoms with Crippen LogP contribution in [0.4, 0.5) is 0 Å². The van der Waals surface area contributed by atoms with Crippen molar-refractivity contribution in [1.82, 2.24) is 0 Å². The van der Waals surface area contributed by atoms with Crippen LogP contribution in [0.2, 0.25) is 0 Å². The molecule has 0 spiro atoms. The van der Waals surface area contributed by atoms with Crippen LogP contribution in [0.15, 0.2) is 23.8 Å². The number of carbonyl (C=O) groups excluding carboxylic acids is 1. The second-order valence-corrected chi connectivity index (χ2v) is 10.4. The van der Waals surface area contributed by atoms with Gasteiger partial charge in [0.25, 0.3) is 0 Å². The lowest BCUT2D eigenvalue weighted by molar-refractivity contribution is -0.250. The zero-order valence-electron chi connectivity index (χ0n) is 17.1. The first kappa shape index (κ1) is 18.4. The van der Waals surface area contributed by atoms with E-state index >= 15 is 0 Å². The van der Waals surface area contributed by atoms with Crippen LogP contribution in [-0.4, -0.2) is 24.3 Å². The molecule has 3 fully saturated rings. The summed E-state index contributed by atoms with van der Waals surface area (Å²) in [7, 11) is 0. The van der Waals surface area contributed by atoms with Crippen molar-refractivity contribution in [2.45, 2.75) is 78.6 Å². The SMILES string of the molecule is C=CC1=C2COC(C)(C)O[C@H]3C[C@H]4C(C)(C)CCC[C@]4(C)[C@@H](CC1=O)[C@H]23. The molecule has 1 heterocycles. The van der Waals surface area contributed by atoms with E-state index in [1.54, 1.807) is 6.08 Å². The number of Topliss-reactive ketones (excluding diaryl/α,β-unsaturated/α-hetero) is 1. The standard InChI is InChI=1S/C23H34O3/c1-7-14-15-13-25-22(4,5)26-18-12-19-21(2,3)9-8-10-23(19,6)16(20(15)18)11-17(14)24/h7,16,18-20H,1,8-13H2,2-6H3/t16-,18-,19-,20-,23+/m0/s1. The van der Waals surface area contributed by atoms with Crippen molar-refractivity contribution in [3.63, 3.8) is 0 Å². The molecule has 0 radical (unpaired) electrons. The first-order valence-corrected chi connectivity index (χ1v) is 10.3. The Balaban J connectivity index is 1.87. The van der Waals surface area contributed by atoms with Crippen LogP contribution in [0.5, 0.6) is 0 Å². The molecule has 3 aliphatic carbocycles. The van der Waals surface area contributed by atoms with E-state index in [-0.39, 0.29) is 23.2 Å². The monoisotopic (exact) mass is 358 g/mol. The van der Waals surface area contributed by atoms with Gasteiger partial charge in [-0.15, -0.1) is 0 Å². The largest absolute Gasteiger partial charge is 0.347 e. The molecule has 0 aromatic carbocycles. The number of allylic oxidation sites excluding steroid dienone is 2. The Morgan fingerprint density at radius 1 is 1.15 bits per heavy atom. The molecule has 0 aromatic heterocycles. The Morgan fingerprint density at radius 2 is 1.88 bits per heavy atom. The van der Waals surface area contributed by atoms with Crippen LogP contribution in [-0.2, 0) is 14.3 Å². The van der Waals surface area contributed by atoms with Gasteiger partial charge in [-0.25, -0.2) is 0 Å². The van der Waals surface area contributed by atoms with Gasteiger partial charge in [0.15, 0.2) is 11.6 Å². The van der Waals surface area contributed by atoms with Gasteiger partial charge in [-0.1, -0.05) is 39.8 Å². The fraction of sp³-hybridized carbons (Fsp3) is 0.783. The Morgan fingerprint density at radius 3 is 2.58 bits per heavy atom. The van der Waals surface area contributed by atoms with Gasteiger partial charge in [0.05, 0.1) is 12.7 Å². The number of ether oxygens (including phenoxy) is 2. The molecular formula is C23H34O3. The molecule has 3 nitrogen and oxygen atoms in total. The lowest BCUT2D eigenvalue weighted by atomic mass is 9.43. The van der Waals surface area contributed by atoms with Crippen molar-refractivity contribution in [3.05, 3.63) is 23.8 Å². The van der Waals surface area contributed by atoms with E-state index < -0.39 is 5.79 Å². The third kappa shape index (κ3) is 2.57. The normalized spacial score (nSPS) is 44.0. The van der Waals surface area contributed by atoms with E-state index in [1.165, 1.54) is 19.3 Å². The maximum Gasteiger partial charge on any atom is 0.163 e. The zero-order chi connectivity index (χ0) is 18.9. The number of fused-ring (bicyclic) bond motifs is 2. The quantitative estimate of drug-likeness (QED) is 0.657. The van der Waals surface area contributed by atoms with Gasteiger partial charge in [-0.2, -0.15) is 0 Å². The van der Waals surface area contributed by atoms with Gasteiger partial charge in [-0.05, 0) is 61.3 Å². The van der Waals surface area contributed by atoms with Crippen LogP contribution < -0.4 is 0 Å². The van der Waals surface area contributed by atoms with Crippen LogP contribution in [0.3, 0.4) is 0 Å². The fourth-order valence-corrected chi connectivity index (χ4v) is 6.93. The zero-order valence-corrected chi connectivity index (χ0v) is 17.1. The number of rotatable bonds is 1. The number of hydrogen-bond acceptors (Lipinski definition) is 3. The van der Waals surface area contributed by atoms with Crippen LogP contribution in [0, 0.1) is 28.6 Å². The molecule has 1 aliphatic heterocycles. The highest BCUT2D eigenvalue weighted by atomic mass is 16.7. The number of ketones is 1. The molecule has 0 bridgehead atoms. The van der Waals surface area contributed by atoms with Crippen molar-refractivity contribution < 1.29 is 14.3 Å². The van der Waals surface area contributed by atoms with E-state index in [0.29, 0.717) is 30.3 Å². The van der Waals surface area contributed by atoms with E-state index in [1.807, 2.05) is 13.8 Å². The van der Waals surface area contributed by atoms with Gasteiger partial charge in [0.2, 0.25) is 0 Å². The molecule has 0 amide bonds. The van der Waals surface area contributed by atoms with Crippen molar-refractivity contribution in [2.75, 3.05) is 6.61 Å². The highest BCUT2D eigenvalue weighted by molar-refractivity contribution is 6.00. The highest BCUT2D eigenvalue weighted by Gasteiger charge is 2.61. The Labute approximate surface area is 158 Å². The molecule has 0 unspecified atom stereocenters. The molecule has 0 N–H and O–H groups in total. The van der Waals surface area contributed by atoms with Crippen molar-refractivity contribution in [1.29, 1.82) is 0 Å². The smallest absolute Gasteiger partial charge is 0.163 e. The van der Waals surface area contributed by atoms with Gasteiger partial charge < -0.3 is 9.47 Å². The van der Waals surface area contributed by atoms with E-state index in [0.717, 1.165) is 17.6 Å². The molecule has 144 valence electrons. The maximum atomic E-state index is 13.0. The average Bonchev–Trinajstić information content (AvgIpc) is 2.66. The first-order valence-electron chi connectivity index (χ1n) is 10.3. The maximum absolute atomic E-state index is 13.0. The lowest BCUT2D eigenvalue weighted by Gasteiger charge is -2.62. The summed E-state index contributed by atoms with van der Waals surface area (Å²) in [4.78, 5) is 13.0. The summed E-state index contributed by atoms with van der Waals surface area (Å²) in [5, 5.41) is 0. The van der Waals surface area contributed by atoms with Crippen LogP contribution in [0.25, 0.3) is 0 Å². The molecule has 4 aliphatic rings. The van der Waals surface area contributed by atoms with Gasteiger partial charge >= 0.3 is 0 Å². The summed E-state index contributed by atoms with van der Waals surface area (Å²) in [5.41, 5.74) is 2.45. The summed E-state index contributed by atoms with van der Waals surface area (Å²) in [6.07, 6.45) is 7.35. The molecule has 4 rings (SSSR count). The summed E-state index contributed by atoms with van der Waals surface area (Å²) < 4.78 is 12.7. The van der Waals surface area contributed by atoms with E-state index in [2.05, 4.69) is 27.4 Å². The van der Waals surface area contributed by atoms with Crippen LogP contribution >= 0.6 is 0 Å². The molecule has 0 aromatic rings. The Kier molecular flexibility index (Phi) is 4.10. The minimum atomic E-state index is -0.610. The second-order valence-electron chi connectivity index (χ2n) is 10.4. The molecule has 26 heavy (non-hydrogen) atoms. The summed E-state index contributed by atoms with van der Waals surface area (Å²) >= 11 is 0. The van der Waals surface area contributed by atoms with Gasteiger partial charge in [0, 0.05) is 17.9 Å². The second kappa shape index (κ2) is 5.78. The van der Waals surface area contributed by atoms with Gasteiger partial charge in [-0.3, -0.25) is 4.79 Å². The number of carbonyl (C=O) groups is 1. The predicted octanol–water partition coefficient (Wildman–Crippen LogP) is 5.06. The summed E-state index contributed by atoms with van der Waals surface area (Å²) in [6.45, 7) is 15.7. The minimum absolute atomic E-state index is 0.131. The lowest BCUT2D eigenvalue weighted by Crippen LogP contribution is -2.58.